The molecule has 0 radical (unpaired) electrons. The Bertz CT molecular complexity index is 427. The van der Waals surface area contributed by atoms with E-state index in [1.165, 1.54) is 6.07 Å². The zero-order valence-electron chi connectivity index (χ0n) is 9.21. The largest absolute Gasteiger partial charge is 0.418 e. The summed E-state index contributed by atoms with van der Waals surface area (Å²) >= 11 is 0. The number of benzene rings is 1. The molecule has 6 heteroatoms. The van der Waals surface area contributed by atoms with Crippen molar-refractivity contribution in [3.8, 4) is 0 Å². The molecule has 3 nitrogen and oxygen atoms in total. The van der Waals surface area contributed by atoms with Gasteiger partial charge in [-0.15, -0.1) is 0 Å². The van der Waals surface area contributed by atoms with Crippen molar-refractivity contribution in [3.05, 3.63) is 29.3 Å². The second kappa shape index (κ2) is 4.75. The number of halogens is 3. The van der Waals surface area contributed by atoms with Crippen molar-refractivity contribution in [2.24, 2.45) is 5.73 Å². The van der Waals surface area contributed by atoms with Gasteiger partial charge in [0.25, 0.3) is 0 Å². The zero-order valence-corrected chi connectivity index (χ0v) is 9.21. The fourth-order valence-electron chi connectivity index (χ4n) is 1.46. The maximum atomic E-state index is 12.5. The number of para-hydroxylation sites is 1. The quantitative estimate of drug-likeness (QED) is 0.634. The number of carbonyl (C=O) groups excluding carboxylic acids is 1. The minimum Gasteiger partial charge on any atom is -0.398 e. The Morgan fingerprint density at radius 3 is 2.47 bits per heavy atom. The van der Waals surface area contributed by atoms with Gasteiger partial charge in [0.1, 0.15) is 0 Å². The SMILES string of the molecule is CC(N)CC(=O)c1cccc(C(F)(F)F)c1N. The highest BCUT2D eigenvalue weighted by Crippen LogP contribution is 2.35. The summed E-state index contributed by atoms with van der Waals surface area (Å²) in [5, 5.41) is 0. The smallest absolute Gasteiger partial charge is 0.398 e. The number of anilines is 1. The highest BCUT2D eigenvalue weighted by Gasteiger charge is 2.34. The van der Waals surface area contributed by atoms with Gasteiger partial charge < -0.3 is 11.5 Å². The summed E-state index contributed by atoms with van der Waals surface area (Å²) in [6.07, 6.45) is -4.60. The van der Waals surface area contributed by atoms with Crippen LogP contribution in [0.1, 0.15) is 29.3 Å². The molecule has 1 atom stereocenters. The topological polar surface area (TPSA) is 69.1 Å². The molecule has 0 bridgehead atoms. The van der Waals surface area contributed by atoms with E-state index >= 15 is 0 Å². The molecule has 4 N–H and O–H groups in total. The van der Waals surface area contributed by atoms with Crippen molar-refractivity contribution >= 4 is 11.5 Å². The molecule has 1 aromatic rings. The van der Waals surface area contributed by atoms with Crippen LogP contribution in [0.2, 0.25) is 0 Å². The molecule has 1 rings (SSSR count). The Kier molecular flexibility index (Phi) is 3.77. The molecule has 1 unspecified atom stereocenters. The maximum absolute atomic E-state index is 12.5. The average molecular weight is 246 g/mol. The van der Waals surface area contributed by atoms with E-state index in [0.717, 1.165) is 12.1 Å². The summed E-state index contributed by atoms with van der Waals surface area (Å²) in [6.45, 7) is 1.60. The second-order valence-corrected chi connectivity index (χ2v) is 3.87. The lowest BCUT2D eigenvalue weighted by Crippen LogP contribution is -2.21. The van der Waals surface area contributed by atoms with Crippen molar-refractivity contribution in [1.29, 1.82) is 0 Å². The first-order valence-electron chi connectivity index (χ1n) is 4.98. The third-order valence-electron chi connectivity index (χ3n) is 2.22. The summed E-state index contributed by atoms with van der Waals surface area (Å²) < 4.78 is 37.6. The number of Topliss-reactive ketones (excluding diaryl/α,β-unsaturated/α-hetero) is 1. The van der Waals surface area contributed by atoms with Crippen molar-refractivity contribution in [2.45, 2.75) is 25.6 Å². The summed E-state index contributed by atoms with van der Waals surface area (Å²) in [5.41, 5.74) is 9.13. The molecule has 1 aromatic carbocycles. The molecule has 94 valence electrons. The Morgan fingerprint density at radius 2 is 2.00 bits per heavy atom. The molecule has 0 aliphatic rings. The molecule has 0 saturated heterocycles. The van der Waals surface area contributed by atoms with Gasteiger partial charge in [0, 0.05) is 18.0 Å². The van der Waals surface area contributed by atoms with Crippen LogP contribution in [0.25, 0.3) is 0 Å². The first kappa shape index (κ1) is 13.5. The highest BCUT2D eigenvalue weighted by atomic mass is 19.4. The van der Waals surface area contributed by atoms with Crippen LogP contribution in [0, 0.1) is 0 Å². The zero-order chi connectivity index (χ0) is 13.2. The molecular weight excluding hydrogens is 233 g/mol. The lowest BCUT2D eigenvalue weighted by atomic mass is 10.00. The van der Waals surface area contributed by atoms with Crippen molar-refractivity contribution in [1.82, 2.24) is 0 Å². The van der Waals surface area contributed by atoms with Gasteiger partial charge >= 0.3 is 6.18 Å². The van der Waals surface area contributed by atoms with E-state index in [1.54, 1.807) is 6.92 Å². The molecule has 0 heterocycles. The van der Waals surface area contributed by atoms with E-state index in [1.807, 2.05) is 0 Å². The molecule has 0 saturated carbocycles. The normalized spacial score (nSPS) is 13.5. The molecule has 0 spiro atoms. The van der Waals surface area contributed by atoms with Crippen LogP contribution in [-0.4, -0.2) is 11.8 Å². The Hall–Kier alpha value is -1.56. The van der Waals surface area contributed by atoms with E-state index < -0.39 is 29.3 Å². The van der Waals surface area contributed by atoms with E-state index in [2.05, 4.69) is 0 Å². The fourth-order valence-corrected chi connectivity index (χ4v) is 1.46. The number of alkyl halides is 3. The molecule has 0 fully saturated rings. The van der Waals surface area contributed by atoms with Crippen LogP contribution < -0.4 is 11.5 Å². The average Bonchev–Trinajstić information content (AvgIpc) is 2.14. The maximum Gasteiger partial charge on any atom is 0.418 e. The lowest BCUT2D eigenvalue weighted by molar-refractivity contribution is -0.136. The fraction of sp³-hybridized carbons (Fsp3) is 0.364. The Labute approximate surface area is 96.6 Å². The van der Waals surface area contributed by atoms with Crippen LogP contribution >= 0.6 is 0 Å². The van der Waals surface area contributed by atoms with Crippen molar-refractivity contribution in [2.75, 3.05) is 5.73 Å². The molecule has 17 heavy (non-hydrogen) atoms. The number of hydrogen-bond donors (Lipinski definition) is 2. The molecule has 0 aromatic heterocycles. The van der Waals surface area contributed by atoms with E-state index in [9.17, 15) is 18.0 Å². The van der Waals surface area contributed by atoms with E-state index in [4.69, 9.17) is 11.5 Å². The third kappa shape index (κ3) is 3.20. The summed E-state index contributed by atoms with van der Waals surface area (Å²) in [4.78, 5) is 11.6. The minimum atomic E-state index is -4.56. The van der Waals surface area contributed by atoms with Gasteiger partial charge in [-0.05, 0) is 19.1 Å². The van der Waals surface area contributed by atoms with Crippen LogP contribution in [0.5, 0.6) is 0 Å². The van der Waals surface area contributed by atoms with Gasteiger partial charge in [-0.2, -0.15) is 13.2 Å². The van der Waals surface area contributed by atoms with Crippen LogP contribution in [-0.2, 0) is 6.18 Å². The monoisotopic (exact) mass is 246 g/mol. The number of carbonyl (C=O) groups is 1. The Morgan fingerprint density at radius 1 is 1.41 bits per heavy atom. The molecular formula is C11H13F3N2O. The van der Waals surface area contributed by atoms with Gasteiger partial charge in [-0.3, -0.25) is 4.79 Å². The number of nitrogen functional groups attached to an aromatic ring is 1. The van der Waals surface area contributed by atoms with Crippen LogP contribution in [0.15, 0.2) is 18.2 Å². The first-order valence-corrected chi connectivity index (χ1v) is 4.98. The van der Waals surface area contributed by atoms with Crippen molar-refractivity contribution < 1.29 is 18.0 Å². The van der Waals surface area contributed by atoms with Crippen LogP contribution in [0.4, 0.5) is 18.9 Å². The van der Waals surface area contributed by atoms with Gasteiger partial charge in [-0.25, -0.2) is 0 Å². The molecule has 0 amide bonds. The van der Waals surface area contributed by atoms with E-state index in [-0.39, 0.29) is 12.0 Å². The second-order valence-electron chi connectivity index (χ2n) is 3.87. The predicted octanol–water partition coefficient (Wildman–Crippen LogP) is 2.21. The van der Waals surface area contributed by atoms with Gasteiger partial charge in [0.2, 0.25) is 0 Å². The summed E-state index contributed by atoms with van der Waals surface area (Å²) in [5.74, 6) is -0.483. The first-order chi connectivity index (χ1) is 7.73. The summed E-state index contributed by atoms with van der Waals surface area (Å²) in [7, 11) is 0. The van der Waals surface area contributed by atoms with Crippen molar-refractivity contribution in [3.63, 3.8) is 0 Å². The number of rotatable bonds is 3. The molecule has 0 aliphatic heterocycles. The number of nitrogens with two attached hydrogens (primary N) is 2. The third-order valence-corrected chi connectivity index (χ3v) is 2.22. The van der Waals surface area contributed by atoms with Gasteiger partial charge in [-0.1, -0.05) is 6.07 Å². The van der Waals surface area contributed by atoms with E-state index in [0.29, 0.717) is 0 Å². The standard InChI is InChI=1S/C11H13F3N2O/c1-6(15)5-9(17)7-3-2-4-8(10(7)16)11(12,13)14/h2-4,6H,5,15-16H2,1H3. The molecule has 0 aliphatic carbocycles. The summed E-state index contributed by atoms with van der Waals surface area (Å²) in [6, 6.07) is 2.86. The Balaban J connectivity index is 3.15. The minimum absolute atomic E-state index is 0.0362. The highest BCUT2D eigenvalue weighted by molar-refractivity contribution is 6.01. The van der Waals surface area contributed by atoms with Crippen LogP contribution in [0.3, 0.4) is 0 Å². The lowest BCUT2D eigenvalue weighted by Gasteiger charge is -2.13. The number of ketones is 1. The van der Waals surface area contributed by atoms with Gasteiger partial charge in [0.05, 0.1) is 11.3 Å². The number of hydrogen-bond acceptors (Lipinski definition) is 3. The van der Waals surface area contributed by atoms with Gasteiger partial charge in [0.15, 0.2) is 5.78 Å². The predicted molar refractivity (Wildman–Crippen MR) is 58.5 cm³/mol.